The maximum absolute atomic E-state index is 13.5. The Morgan fingerprint density at radius 3 is 2.29 bits per heavy atom. The van der Waals surface area contributed by atoms with Crippen LogP contribution in [-0.2, 0) is 13.5 Å². The summed E-state index contributed by atoms with van der Waals surface area (Å²) in [5, 5.41) is 13.3. The SMILES string of the molecule is Cc1cc(C)cc(-n2c(N)c(NC(=O)c3c(C)c(O)c(C)c4c3OC(C)(C)C4)c(=O)n(C)c2=O)c1. The minimum absolute atomic E-state index is 0.00344. The Hall–Kier alpha value is -4.01. The molecule has 0 atom stereocenters. The molecular weight excluding hydrogens is 448 g/mol. The highest BCUT2D eigenvalue weighted by Gasteiger charge is 2.37. The molecule has 1 amide bonds. The number of amides is 1. The number of phenolic OH excluding ortho intramolecular Hbond substituents is 1. The Morgan fingerprint density at radius 2 is 1.69 bits per heavy atom. The van der Waals surface area contributed by atoms with Gasteiger partial charge in [-0.25, -0.2) is 9.36 Å². The third-order valence-electron chi connectivity index (χ3n) is 6.44. The molecule has 0 bridgehead atoms. The number of aryl methyl sites for hydroxylation is 2. The molecule has 0 saturated heterocycles. The van der Waals surface area contributed by atoms with Crippen LogP contribution >= 0.6 is 0 Å². The Bertz CT molecular complexity index is 1510. The highest BCUT2D eigenvalue weighted by molar-refractivity contribution is 6.09. The summed E-state index contributed by atoms with van der Waals surface area (Å²) in [7, 11) is 1.32. The quantitative estimate of drug-likeness (QED) is 0.531. The fraction of sp³-hybridized carbons (Fsp3) is 0.346. The van der Waals surface area contributed by atoms with Crippen LogP contribution in [-0.4, -0.2) is 25.7 Å². The number of nitrogens with one attached hydrogen (secondary N) is 1. The average Bonchev–Trinajstić information content (AvgIpc) is 3.08. The second kappa shape index (κ2) is 8.04. The minimum atomic E-state index is -0.742. The number of aromatic hydroxyl groups is 1. The van der Waals surface area contributed by atoms with Gasteiger partial charge in [0.25, 0.3) is 11.5 Å². The molecule has 4 rings (SSSR count). The number of nitrogens with two attached hydrogens (primary N) is 1. The van der Waals surface area contributed by atoms with E-state index in [9.17, 15) is 19.5 Å². The van der Waals surface area contributed by atoms with Gasteiger partial charge in [0.1, 0.15) is 28.6 Å². The number of carbonyl (C=O) groups is 1. The lowest BCUT2D eigenvalue weighted by Gasteiger charge is -2.20. The fourth-order valence-corrected chi connectivity index (χ4v) is 4.72. The zero-order valence-electron chi connectivity index (χ0n) is 21.0. The van der Waals surface area contributed by atoms with Gasteiger partial charge in [-0.15, -0.1) is 0 Å². The number of benzene rings is 2. The lowest BCUT2D eigenvalue weighted by Crippen LogP contribution is -2.40. The molecule has 0 unspecified atom stereocenters. The molecule has 0 radical (unpaired) electrons. The fourth-order valence-electron chi connectivity index (χ4n) is 4.72. The number of aromatic nitrogens is 2. The number of carbonyl (C=O) groups excluding carboxylic acids is 1. The molecule has 1 aliphatic rings. The number of hydrogen-bond acceptors (Lipinski definition) is 6. The van der Waals surface area contributed by atoms with Crippen molar-refractivity contribution in [1.29, 1.82) is 0 Å². The second-order valence-corrected chi connectivity index (χ2v) is 9.86. The van der Waals surface area contributed by atoms with E-state index in [1.165, 1.54) is 11.6 Å². The van der Waals surface area contributed by atoms with Crippen LogP contribution in [0.1, 0.15) is 52.0 Å². The Balaban J connectivity index is 1.89. The first-order valence-corrected chi connectivity index (χ1v) is 11.3. The van der Waals surface area contributed by atoms with E-state index in [2.05, 4.69) is 5.32 Å². The van der Waals surface area contributed by atoms with Gasteiger partial charge in [-0.1, -0.05) is 6.07 Å². The van der Waals surface area contributed by atoms with Crippen molar-refractivity contribution in [3.63, 3.8) is 0 Å². The van der Waals surface area contributed by atoms with Crippen molar-refractivity contribution in [3.8, 4) is 17.2 Å². The number of rotatable bonds is 3. The number of ether oxygens (including phenoxy) is 1. The summed E-state index contributed by atoms with van der Waals surface area (Å²) >= 11 is 0. The summed E-state index contributed by atoms with van der Waals surface area (Å²) in [5.74, 6) is -0.487. The van der Waals surface area contributed by atoms with Crippen molar-refractivity contribution >= 4 is 17.4 Å². The van der Waals surface area contributed by atoms with Crippen LogP contribution in [0.5, 0.6) is 11.5 Å². The molecule has 4 N–H and O–H groups in total. The monoisotopic (exact) mass is 478 g/mol. The summed E-state index contributed by atoms with van der Waals surface area (Å²) in [4.78, 5) is 39.5. The van der Waals surface area contributed by atoms with Gasteiger partial charge in [-0.3, -0.25) is 14.2 Å². The van der Waals surface area contributed by atoms with Crippen molar-refractivity contribution in [1.82, 2.24) is 9.13 Å². The first-order chi connectivity index (χ1) is 16.2. The highest BCUT2D eigenvalue weighted by atomic mass is 16.5. The summed E-state index contributed by atoms with van der Waals surface area (Å²) < 4.78 is 8.17. The van der Waals surface area contributed by atoms with Crippen LogP contribution in [0.4, 0.5) is 11.5 Å². The van der Waals surface area contributed by atoms with Gasteiger partial charge in [-0.05, 0) is 70.4 Å². The van der Waals surface area contributed by atoms with E-state index < -0.39 is 22.8 Å². The summed E-state index contributed by atoms with van der Waals surface area (Å²) in [6, 6.07) is 5.49. The van der Waals surface area contributed by atoms with E-state index in [0.717, 1.165) is 21.3 Å². The van der Waals surface area contributed by atoms with Crippen LogP contribution < -0.4 is 27.0 Å². The maximum Gasteiger partial charge on any atom is 0.337 e. The first-order valence-electron chi connectivity index (χ1n) is 11.3. The number of nitrogens with zero attached hydrogens (tertiary/aromatic N) is 2. The van der Waals surface area contributed by atoms with Gasteiger partial charge in [0.05, 0.1) is 11.3 Å². The Morgan fingerprint density at radius 1 is 1.09 bits per heavy atom. The molecule has 2 aromatic carbocycles. The van der Waals surface area contributed by atoms with E-state index >= 15 is 0 Å². The van der Waals surface area contributed by atoms with Crippen LogP contribution in [0.25, 0.3) is 5.69 Å². The second-order valence-electron chi connectivity index (χ2n) is 9.86. The molecule has 0 saturated carbocycles. The molecule has 184 valence electrons. The first kappa shape index (κ1) is 24.1. The summed E-state index contributed by atoms with van der Waals surface area (Å²) in [6.07, 6.45) is 0.518. The molecule has 9 nitrogen and oxygen atoms in total. The molecule has 1 aliphatic heterocycles. The number of nitrogen functional groups attached to an aromatic ring is 1. The van der Waals surface area contributed by atoms with Crippen molar-refractivity contribution in [2.75, 3.05) is 11.1 Å². The van der Waals surface area contributed by atoms with Gasteiger partial charge >= 0.3 is 5.69 Å². The molecule has 1 aromatic heterocycles. The highest BCUT2D eigenvalue weighted by Crippen LogP contribution is 2.45. The molecule has 35 heavy (non-hydrogen) atoms. The number of hydrogen-bond donors (Lipinski definition) is 3. The topological polar surface area (TPSA) is 129 Å². The smallest absolute Gasteiger partial charge is 0.337 e. The predicted octanol–water partition coefficient (Wildman–Crippen LogP) is 3.02. The van der Waals surface area contributed by atoms with E-state index in [1.54, 1.807) is 26.0 Å². The largest absolute Gasteiger partial charge is 0.507 e. The zero-order valence-corrected chi connectivity index (χ0v) is 21.0. The molecular formula is C26H30N4O5. The van der Waals surface area contributed by atoms with Crippen molar-refractivity contribution in [2.45, 2.75) is 53.6 Å². The predicted molar refractivity (Wildman–Crippen MR) is 135 cm³/mol. The van der Waals surface area contributed by atoms with Gasteiger partial charge < -0.3 is 20.9 Å². The third-order valence-corrected chi connectivity index (χ3v) is 6.44. The van der Waals surface area contributed by atoms with Crippen molar-refractivity contribution < 1.29 is 14.6 Å². The molecule has 0 aliphatic carbocycles. The van der Waals surface area contributed by atoms with Crippen LogP contribution in [0.2, 0.25) is 0 Å². The molecule has 9 heteroatoms. The van der Waals surface area contributed by atoms with E-state index in [4.69, 9.17) is 10.5 Å². The minimum Gasteiger partial charge on any atom is -0.507 e. The normalized spacial score (nSPS) is 13.9. The number of anilines is 2. The van der Waals surface area contributed by atoms with Gasteiger partial charge in [0.15, 0.2) is 0 Å². The van der Waals surface area contributed by atoms with E-state index in [0.29, 0.717) is 29.0 Å². The van der Waals surface area contributed by atoms with Crippen LogP contribution in [0, 0.1) is 27.7 Å². The van der Waals surface area contributed by atoms with E-state index in [-0.39, 0.29) is 22.8 Å². The van der Waals surface area contributed by atoms with Crippen molar-refractivity contribution in [2.24, 2.45) is 7.05 Å². The molecule has 3 aromatic rings. The molecule has 0 spiro atoms. The maximum atomic E-state index is 13.5. The Kier molecular flexibility index (Phi) is 5.54. The van der Waals surface area contributed by atoms with Gasteiger partial charge in [-0.2, -0.15) is 0 Å². The van der Waals surface area contributed by atoms with Gasteiger partial charge in [0.2, 0.25) is 0 Å². The lowest BCUT2D eigenvalue weighted by molar-refractivity contribution is 0.101. The number of fused-ring (bicyclic) bond motifs is 1. The summed E-state index contributed by atoms with van der Waals surface area (Å²) in [6.45, 7) is 11.0. The average molecular weight is 479 g/mol. The van der Waals surface area contributed by atoms with Crippen LogP contribution in [0.3, 0.4) is 0 Å². The summed E-state index contributed by atoms with van der Waals surface area (Å²) in [5.41, 5.74) is 8.28. The van der Waals surface area contributed by atoms with Crippen molar-refractivity contribution in [3.05, 3.63) is 72.4 Å². The Labute approximate surface area is 202 Å². The molecule has 0 fully saturated rings. The van der Waals surface area contributed by atoms with Crippen LogP contribution in [0.15, 0.2) is 27.8 Å². The molecule has 2 heterocycles. The van der Waals surface area contributed by atoms with E-state index in [1.807, 2.05) is 33.8 Å². The number of phenols is 1. The third kappa shape index (κ3) is 3.86. The zero-order chi connectivity index (χ0) is 26.0. The van der Waals surface area contributed by atoms with Gasteiger partial charge in [0, 0.05) is 24.6 Å². The lowest BCUT2D eigenvalue weighted by atomic mass is 9.92. The standard InChI is InChI=1S/C26H30N4O5/c1-12-8-13(2)10-16(9-12)30-22(27)19(24(33)29(7)25(30)34)28-23(32)18-15(4)20(31)14(3)17-11-26(5,6)35-21(17)18/h8-10,31H,11,27H2,1-7H3,(H,28,32).